The van der Waals surface area contributed by atoms with Crippen LogP contribution in [0.1, 0.15) is 99.2 Å². The highest BCUT2D eigenvalue weighted by atomic mass is 16.3. The number of aryl methyl sites for hydroxylation is 3. The largest absolute Gasteiger partial charge is 0.507 e. The fourth-order valence-electron chi connectivity index (χ4n) is 5.51. The Balaban J connectivity index is 0.000000446. The number of ketones is 1. The number of unbranched alkanes of at least 4 members (excludes halogenated alkanes) is 2. The van der Waals surface area contributed by atoms with Crippen molar-refractivity contribution in [2.75, 3.05) is 19.6 Å². The molecule has 1 amide bonds. The van der Waals surface area contributed by atoms with Gasteiger partial charge in [0.2, 0.25) is 0 Å². The van der Waals surface area contributed by atoms with Gasteiger partial charge in [0.05, 0.1) is 11.3 Å². The summed E-state index contributed by atoms with van der Waals surface area (Å²) in [7, 11) is 0. The van der Waals surface area contributed by atoms with Crippen LogP contribution in [0.5, 0.6) is 5.75 Å². The first kappa shape index (κ1) is 33.8. The predicted octanol–water partition coefficient (Wildman–Crippen LogP) is 7.46. The van der Waals surface area contributed by atoms with Crippen LogP contribution in [-0.2, 0) is 17.6 Å². The van der Waals surface area contributed by atoms with E-state index in [1.807, 2.05) is 6.20 Å². The number of benzene rings is 2. The molecular formula is C37H49N5O3. The number of phenols is 1. The predicted molar refractivity (Wildman–Crippen MR) is 183 cm³/mol. The molecule has 0 atom stereocenters. The number of aromatic nitrogens is 3. The van der Waals surface area contributed by atoms with Crippen molar-refractivity contribution >= 4 is 22.7 Å². The number of rotatable bonds is 7. The quantitative estimate of drug-likeness (QED) is 0.127. The number of H-pyrrole nitrogens is 1. The Hall–Kier alpha value is -4.04. The maximum absolute atomic E-state index is 12.4. The van der Waals surface area contributed by atoms with Gasteiger partial charge in [-0.3, -0.25) is 14.7 Å². The number of aromatic amines is 1. The van der Waals surface area contributed by atoms with Crippen LogP contribution < -0.4 is 10.6 Å². The summed E-state index contributed by atoms with van der Waals surface area (Å²) >= 11 is 0. The zero-order valence-corrected chi connectivity index (χ0v) is 27.4. The van der Waals surface area contributed by atoms with E-state index in [-0.39, 0.29) is 17.2 Å². The SMILES string of the molecule is C1CCNC1.CCCC.CCCCNC(=O)c1ccc(-c2[nH]nc3ncc(-c4cc5c(cc4C)CCC(=O)CC5)cc23)cc1O. The molecule has 240 valence electrons. The summed E-state index contributed by atoms with van der Waals surface area (Å²) in [5.74, 6) is -0.0416. The highest BCUT2D eigenvalue weighted by molar-refractivity contribution is 5.99. The van der Waals surface area contributed by atoms with Crippen molar-refractivity contribution in [3.8, 4) is 28.1 Å². The smallest absolute Gasteiger partial charge is 0.255 e. The van der Waals surface area contributed by atoms with Crippen molar-refractivity contribution in [3.05, 3.63) is 64.8 Å². The molecule has 0 radical (unpaired) electrons. The van der Waals surface area contributed by atoms with Crippen LogP contribution in [0.2, 0.25) is 0 Å². The average Bonchev–Trinajstić information content (AvgIpc) is 3.74. The second-order valence-electron chi connectivity index (χ2n) is 12.0. The van der Waals surface area contributed by atoms with Crippen molar-refractivity contribution in [2.45, 2.75) is 91.9 Å². The summed E-state index contributed by atoms with van der Waals surface area (Å²) in [6.07, 6.45) is 11.9. The Morgan fingerprint density at radius 1 is 0.911 bits per heavy atom. The third kappa shape index (κ3) is 9.01. The van der Waals surface area contributed by atoms with Crippen LogP contribution in [0.25, 0.3) is 33.4 Å². The number of fused-ring (bicyclic) bond motifs is 2. The summed E-state index contributed by atoms with van der Waals surface area (Å²) in [4.78, 5) is 28.9. The number of hydrogen-bond acceptors (Lipinski definition) is 6. The third-order valence-electron chi connectivity index (χ3n) is 8.42. The van der Waals surface area contributed by atoms with E-state index in [0.717, 1.165) is 59.0 Å². The molecule has 2 aliphatic rings. The van der Waals surface area contributed by atoms with Crippen LogP contribution in [0, 0.1) is 6.92 Å². The average molecular weight is 612 g/mol. The Morgan fingerprint density at radius 3 is 2.24 bits per heavy atom. The normalized spacial score (nSPS) is 14.1. The van der Waals surface area contributed by atoms with Crippen LogP contribution >= 0.6 is 0 Å². The van der Waals surface area contributed by atoms with Crippen molar-refractivity contribution in [1.29, 1.82) is 0 Å². The summed E-state index contributed by atoms with van der Waals surface area (Å²) in [5, 5.41) is 24.9. The number of Topliss-reactive ketones (excluding diaryl/α,β-unsaturated/α-hetero) is 1. The van der Waals surface area contributed by atoms with E-state index in [2.05, 4.69) is 71.7 Å². The van der Waals surface area contributed by atoms with Gasteiger partial charge in [-0.2, -0.15) is 5.10 Å². The van der Waals surface area contributed by atoms with Crippen molar-refractivity contribution < 1.29 is 14.7 Å². The highest BCUT2D eigenvalue weighted by Gasteiger charge is 2.18. The number of amides is 1. The third-order valence-corrected chi connectivity index (χ3v) is 8.42. The summed E-state index contributed by atoms with van der Waals surface area (Å²) in [6, 6.07) is 11.5. The molecule has 4 N–H and O–H groups in total. The maximum Gasteiger partial charge on any atom is 0.255 e. The number of carbonyl (C=O) groups is 2. The molecule has 3 heterocycles. The Morgan fingerprint density at radius 2 is 1.62 bits per heavy atom. The molecule has 2 aromatic carbocycles. The van der Waals surface area contributed by atoms with Gasteiger partial charge in [0.25, 0.3) is 5.91 Å². The summed E-state index contributed by atoms with van der Waals surface area (Å²) in [6.45, 7) is 11.6. The molecule has 1 saturated heterocycles. The molecule has 2 aromatic heterocycles. The fraction of sp³-hybridized carbons (Fsp3) is 0.459. The van der Waals surface area contributed by atoms with Crippen molar-refractivity contribution in [1.82, 2.24) is 25.8 Å². The van der Waals surface area contributed by atoms with E-state index in [4.69, 9.17) is 0 Å². The number of nitrogens with one attached hydrogen (secondary N) is 3. The Bertz CT molecular complexity index is 1580. The Kier molecular flexibility index (Phi) is 12.7. The standard InChI is InChI=1S/C29H30N4O3.C4H9N.C4H10/c1-3-4-11-30-29(36)23-10-7-20(15-26(23)35)27-25-14-21(16-31-28(25)33-32-27)24-13-19-6-9-22(34)8-5-18(19)12-17(24)2;1-2-4-5-3-1;1-3-4-2/h7,10,12-16,35H,3-6,8-9,11H2,1-2H3,(H,30,36)(H,31,32,33);5H,1-4H2;3-4H2,1-2H3. The molecular weight excluding hydrogens is 562 g/mol. The van der Waals surface area contributed by atoms with E-state index >= 15 is 0 Å². The number of pyridine rings is 1. The molecule has 0 bridgehead atoms. The number of carbonyl (C=O) groups excluding carboxylic acids is 2. The topological polar surface area (TPSA) is 120 Å². The van der Waals surface area contributed by atoms with Gasteiger partial charge in [-0.05, 0) is 92.6 Å². The monoisotopic (exact) mass is 611 g/mol. The molecule has 8 heteroatoms. The highest BCUT2D eigenvalue weighted by Crippen LogP contribution is 2.34. The second-order valence-corrected chi connectivity index (χ2v) is 12.0. The van der Waals surface area contributed by atoms with Gasteiger partial charge in [0.15, 0.2) is 5.65 Å². The van der Waals surface area contributed by atoms with Crippen LogP contribution in [0.4, 0.5) is 0 Å². The molecule has 8 nitrogen and oxygen atoms in total. The zero-order chi connectivity index (χ0) is 32.2. The maximum atomic E-state index is 12.4. The minimum Gasteiger partial charge on any atom is -0.507 e. The van der Waals surface area contributed by atoms with E-state index in [9.17, 15) is 14.7 Å². The van der Waals surface area contributed by atoms with Gasteiger partial charge >= 0.3 is 0 Å². The van der Waals surface area contributed by atoms with Crippen molar-refractivity contribution in [3.63, 3.8) is 0 Å². The van der Waals surface area contributed by atoms with E-state index < -0.39 is 0 Å². The van der Waals surface area contributed by atoms with Gasteiger partial charge in [-0.15, -0.1) is 0 Å². The molecule has 0 saturated carbocycles. The molecule has 0 unspecified atom stereocenters. The van der Waals surface area contributed by atoms with E-state index in [1.165, 1.54) is 49.9 Å². The minimum absolute atomic E-state index is 0.0792. The lowest BCUT2D eigenvalue weighted by atomic mass is 9.92. The minimum atomic E-state index is -0.286. The van der Waals surface area contributed by atoms with Gasteiger partial charge in [0, 0.05) is 42.1 Å². The Labute approximate surface area is 267 Å². The van der Waals surface area contributed by atoms with Crippen molar-refractivity contribution in [2.24, 2.45) is 0 Å². The van der Waals surface area contributed by atoms with Crippen LogP contribution in [0.3, 0.4) is 0 Å². The molecule has 1 aliphatic heterocycles. The molecule has 45 heavy (non-hydrogen) atoms. The molecule has 1 fully saturated rings. The number of aromatic hydroxyl groups is 1. The number of phenolic OH excluding ortho intramolecular Hbond substituents is 1. The number of hydrogen-bond donors (Lipinski definition) is 4. The summed E-state index contributed by atoms with van der Waals surface area (Å²) < 4.78 is 0. The van der Waals surface area contributed by atoms with Gasteiger partial charge in [-0.25, -0.2) is 4.98 Å². The first-order chi connectivity index (χ1) is 21.9. The molecule has 6 rings (SSSR count). The van der Waals surface area contributed by atoms with Gasteiger partial charge in [-0.1, -0.05) is 58.2 Å². The lowest BCUT2D eigenvalue weighted by Gasteiger charge is -2.13. The second kappa shape index (κ2) is 16.9. The summed E-state index contributed by atoms with van der Waals surface area (Å²) in [5.41, 5.74) is 7.96. The van der Waals surface area contributed by atoms with Gasteiger partial charge < -0.3 is 15.7 Å². The molecule has 1 aliphatic carbocycles. The van der Waals surface area contributed by atoms with Crippen LogP contribution in [-0.4, -0.2) is 51.6 Å². The zero-order valence-electron chi connectivity index (χ0n) is 27.4. The van der Waals surface area contributed by atoms with E-state index in [0.29, 0.717) is 30.8 Å². The fourth-order valence-corrected chi connectivity index (χ4v) is 5.51. The molecule has 4 aromatic rings. The first-order valence-corrected chi connectivity index (χ1v) is 16.7. The lowest BCUT2D eigenvalue weighted by molar-refractivity contribution is -0.118. The van der Waals surface area contributed by atoms with E-state index in [1.54, 1.807) is 18.2 Å². The van der Waals surface area contributed by atoms with Gasteiger partial charge in [0.1, 0.15) is 11.5 Å². The lowest BCUT2D eigenvalue weighted by Crippen LogP contribution is -2.24. The molecule has 0 spiro atoms. The number of nitrogens with zero attached hydrogens (tertiary/aromatic N) is 2. The first-order valence-electron chi connectivity index (χ1n) is 16.7. The van der Waals surface area contributed by atoms with Crippen LogP contribution in [0.15, 0.2) is 42.6 Å².